The van der Waals surface area contributed by atoms with Crippen LogP contribution in [0, 0.1) is 6.92 Å². The molecule has 18 heavy (non-hydrogen) atoms. The molecule has 3 aromatic rings. The van der Waals surface area contributed by atoms with Crippen molar-refractivity contribution >= 4 is 0 Å². The molecule has 0 saturated carbocycles. The minimum absolute atomic E-state index is 0.685. The number of nitrogens with one attached hydrogen (secondary N) is 1. The molecule has 0 bridgehead atoms. The molecule has 3 rings (SSSR count). The minimum Gasteiger partial charge on any atom is -0.239 e. The Balaban J connectivity index is 2.06. The maximum absolute atomic E-state index is 3.92. The van der Waals surface area contributed by atoms with E-state index in [9.17, 15) is 0 Å². The van der Waals surface area contributed by atoms with Gasteiger partial charge >= 0.3 is 0 Å². The molecule has 2 aromatic carbocycles. The number of benzene rings is 2. The van der Waals surface area contributed by atoms with Gasteiger partial charge in [-0.1, -0.05) is 48.0 Å². The molecule has 88 valence electrons. The number of aromatic nitrogens is 4. The molecular formula is C14H12N4. The second-order valence-corrected chi connectivity index (χ2v) is 4.20. The second kappa shape index (κ2) is 4.41. The molecule has 0 amide bonds. The Bertz CT molecular complexity index is 659. The molecule has 0 radical (unpaired) electrons. The third-order valence-corrected chi connectivity index (χ3v) is 2.83. The van der Waals surface area contributed by atoms with Crippen LogP contribution in [-0.2, 0) is 0 Å². The number of nitrogens with zero attached hydrogens (tertiary/aromatic N) is 3. The molecule has 0 aliphatic rings. The van der Waals surface area contributed by atoms with Crippen molar-refractivity contribution in [3.8, 4) is 22.5 Å². The van der Waals surface area contributed by atoms with Crippen molar-refractivity contribution in [2.24, 2.45) is 0 Å². The van der Waals surface area contributed by atoms with Gasteiger partial charge in [0.15, 0.2) is 5.82 Å². The number of aromatic amines is 1. The molecule has 0 spiro atoms. The molecule has 0 fully saturated rings. The Kier molecular flexibility index (Phi) is 2.61. The van der Waals surface area contributed by atoms with Crippen LogP contribution in [0.5, 0.6) is 0 Å². The first kappa shape index (κ1) is 10.7. The van der Waals surface area contributed by atoms with Crippen molar-refractivity contribution in [3.63, 3.8) is 0 Å². The van der Waals surface area contributed by atoms with E-state index in [1.807, 2.05) is 12.1 Å². The predicted molar refractivity (Wildman–Crippen MR) is 69.8 cm³/mol. The summed E-state index contributed by atoms with van der Waals surface area (Å²) in [5.74, 6) is 0.685. The van der Waals surface area contributed by atoms with Gasteiger partial charge in [-0.15, -0.1) is 5.10 Å². The summed E-state index contributed by atoms with van der Waals surface area (Å²) in [5.41, 5.74) is 4.59. The van der Waals surface area contributed by atoms with Gasteiger partial charge in [-0.3, -0.25) is 0 Å². The SMILES string of the molecule is Cc1cccc(-c2cccc(-c3nnn[nH]3)c2)c1. The van der Waals surface area contributed by atoms with Gasteiger partial charge in [-0.2, -0.15) is 0 Å². The fraction of sp³-hybridized carbons (Fsp3) is 0.0714. The van der Waals surface area contributed by atoms with Crippen molar-refractivity contribution in [1.29, 1.82) is 0 Å². The highest BCUT2D eigenvalue weighted by atomic mass is 15.5. The van der Waals surface area contributed by atoms with Crippen LogP contribution in [0.4, 0.5) is 0 Å². The summed E-state index contributed by atoms with van der Waals surface area (Å²) >= 11 is 0. The summed E-state index contributed by atoms with van der Waals surface area (Å²) in [4.78, 5) is 0. The zero-order valence-electron chi connectivity index (χ0n) is 9.96. The largest absolute Gasteiger partial charge is 0.239 e. The molecular weight excluding hydrogens is 224 g/mol. The lowest BCUT2D eigenvalue weighted by atomic mass is 10.0. The number of hydrogen-bond donors (Lipinski definition) is 1. The molecule has 0 aliphatic heterocycles. The zero-order chi connectivity index (χ0) is 12.4. The maximum Gasteiger partial charge on any atom is 0.179 e. The molecule has 1 N–H and O–H groups in total. The predicted octanol–water partition coefficient (Wildman–Crippen LogP) is 2.84. The lowest BCUT2D eigenvalue weighted by molar-refractivity contribution is 0.881. The van der Waals surface area contributed by atoms with E-state index in [2.05, 4.69) is 63.9 Å². The van der Waals surface area contributed by atoms with Gasteiger partial charge in [0.1, 0.15) is 0 Å². The van der Waals surface area contributed by atoms with Crippen LogP contribution in [-0.4, -0.2) is 20.6 Å². The van der Waals surface area contributed by atoms with Gasteiger partial charge in [0, 0.05) is 5.56 Å². The lowest BCUT2D eigenvalue weighted by Crippen LogP contribution is -1.84. The number of aryl methyl sites for hydroxylation is 1. The Morgan fingerprint density at radius 2 is 1.61 bits per heavy atom. The Morgan fingerprint density at radius 1 is 0.889 bits per heavy atom. The van der Waals surface area contributed by atoms with Gasteiger partial charge in [0.05, 0.1) is 0 Å². The van der Waals surface area contributed by atoms with E-state index in [1.165, 1.54) is 11.1 Å². The van der Waals surface area contributed by atoms with Crippen LogP contribution in [0.2, 0.25) is 0 Å². The normalized spacial score (nSPS) is 10.5. The van der Waals surface area contributed by atoms with Crippen LogP contribution in [0.25, 0.3) is 22.5 Å². The Hall–Kier alpha value is -2.49. The van der Waals surface area contributed by atoms with E-state index in [0.29, 0.717) is 5.82 Å². The van der Waals surface area contributed by atoms with E-state index >= 15 is 0 Å². The maximum atomic E-state index is 3.92. The summed E-state index contributed by atoms with van der Waals surface area (Å²) in [5, 5.41) is 13.9. The highest BCUT2D eigenvalue weighted by Crippen LogP contribution is 2.24. The van der Waals surface area contributed by atoms with Gasteiger partial charge in [-0.05, 0) is 34.5 Å². The summed E-state index contributed by atoms with van der Waals surface area (Å²) in [6.07, 6.45) is 0. The standard InChI is InChI=1S/C14H12N4/c1-10-4-2-5-11(8-10)12-6-3-7-13(9-12)14-15-17-18-16-14/h2-9H,1H3,(H,15,16,17,18). The molecule has 0 unspecified atom stereocenters. The van der Waals surface area contributed by atoms with Gasteiger partial charge in [-0.25, -0.2) is 5.10 Å². The quantitative estimate of drug-likeness (QED) is 0.744. The van der Waals surface area contributed by atoms with Gasteiger partial charge in [0.2, 0.25) is 0 Å². The van der Waals surface area contributed by atoms with Crippen LogP contribution >= 0.6 is 0 Å². The number of rotatable bonds is 2. The van der Waals surface area contributed by atoms with E-state index in [4.69, 9.17) is 0 Å². The van der Waals surface area contributed by atoms with Crippen molar-refractivity contribution in [3.05, 3.63) is 54.1 Å². The van der Waals surface area contributed by atoms with Crippen molar-refractivity contribution in [2.45, 2.75) is 6.92 Å². The monoisotopic (exact) mass is 236 g/mol. The number of H-pyrrole nitrogens is 1. The molecule has 0 atom stereocenters. The molecule has 4 nitrogen and oxygen atoms in total. The Morgan fingerprint density at radius 3 is 2.33 bits per heavy atom. The average Bonchev–Trinajstić information content (AvgIpc) is 2.93. The van der Waals surface area contributed by atoms with Crippen molar-refractivity contribution in [1.82, 2.24) is 20.6 Å². The second-order valence-electron chi connectivity index (χ2n) is 4.20. The van der Waals surface area contributed by atoms with E-state index < -0.39 is 0 Å². The Labute approximate surface area is 105 Å². The summed E-state index contributed by atoms with van der Waals surface area (Å²) in [6, 6.07) is 16.6. The van der Waals surface area contributed by atoms with Gasteiger partial charge in [0.25, 0.3) is 0 Å². The molecule has 1 heterocycles. The van der Waals surface area contributed by atoms with Crippen LogP contribution in [0.15, 0.2) is 48.5 Å². The fourth-order valence-corrected chi connectivity index (χ4v) is 1.95. The first-order valence-electron chi connectivity index (χ1n) is 5.74. The van der Waals surface area contributed by atoms with Crippen LogP contribution < -0.4 is 0 Å². The topological polar surface area (TPSA) is 54.5 Å². The summed E-state index contributed by atoms with van der Waals surface area (Å²) < 4.78 is 0. The number of tetrazole rings is 1. The summed E-state index contributed by atoms with van der Waals surface area (Å²) in [7, 11) is 0. The highest BCUT2D eigenvalue weighted by molar-refractivity contribution is 5.70. The van der Waals surface area contributed by atoms with Crippen LogP contribution in [0.1, 0.15) is 5.56 Å². The summed E-state index contributed by atoms with van der Waals surface area (Å²) in [6.45, 7) is 2.09. The van der Waals surface area contributed by atoms with Gasteiger partial charge < -0.3 is 0 Å². The third kappa shape index (κ3) is 2.00. The van der Waals surface area contributed by atoms with E-state index in [0.717, 1.165) is 11.1 Å². The highest BCUT2D eigenvalue weighted by Gasteiger charge is 2.04. The molecule has 0 aliphatic carbocycles. The molecule has 0 saturated heterocycles. The smallest absolute Gasteiger partial charge is 0.179 e. The fourth-order valence-electron chi connectivity index (χ4n) is 1.95. The van der Waals surface area contributed by atoms with E-state index in [1.54, 1.807) is 0 Å². The zero-order valence-corrected chi connectivity index (χ0v) is 9.96. The number of hydrogen-bond acceptors (Lipinski definition) is 3. The lowest BCUT2D eigenvalue weighted by Gasteiger charge is -2.04. The average molecular weight is 236 g/mol. The van der Waals surface area contributed by atoms with Crippen molar-refractivity contribution < 1.29 is 0 Å². The third-order valence-electron chi connectivity index (χ3n) is 2.83. The van der Waals surface area contributed by atoms with Crippen molar-refractivity contribution in [2.75, 3.05) is 0 Å². The first-order chi connectivity index (χ1) is 8.83. The first-order valence-corrected chi connectivity index (χ1v) is 5.74. The molecule has 1 aromatic heterocycles. The molecule has 4 heteroatoms. The van der Waals surface area contributed by atoms with Crippen LogP contribution in [0.3, 0.4) is 0 Å². The minimum atomic E-state index is 0.685. The van der Waals surface area contributed by atoms with E-state index in [-0.39, 0.29) is 0 Å².